The Labute approximate surface area is 91.7 Å². The van der Waals surface area contributed by atoms with Gasteiger partial charge in [0, 0.05) is 12.3 Å². The molecule has 0 amide bonds. The van der Waals surface area contributed by atoms with Crippen LogP contribution in [0, 0.1) is 5.92 Å². The minimum Gasteiger partial charge on any atom is -0.462 e. The van der Waals surface area contributed by atoms with Crippen LogP contribution in [0.15, 0.2) is 11.1 Å². The Morgan fingerprint density at radius 3 is 2.80 bits per heavy atom. The third kappa shape index (κ3) is 2.24. The molecular weight excluding hydrogens is 188 g/mol. The Hall–Kier alpha value is -0.790. The minimum absolute atomic E-state index is 0.0107. The Kier molecular flexibility index (Phi) is 3.13. The van der Waals surface area contributed by atoms with Crippen LogP contribution in [-0.2, 0) is 9.53 Å². The fraction of sp³-hybridized carbons (Fsp3) is 0.769. The average molecular weight is 208 g/mol. The summed E-state index contributed by atoms with van der Waals surface area (Å²) >= 11 is 0. The van der Waals surface area contributed by atoms with Crippen LogP contribution in [0.1, 0.15) is 52.4 Å². The Morgan fingerprint density at radius 2 is 2.00 bits per heavy atom. The average Bonchev–Trinajstić information content (AvgIpc) is 2.65. The normalized spacial score (nSPS) is 37.6. The quantitative estimate of drug-likeness (QED) is 0.451. The molecule has 2 rings (SSSR count). The van der Waals surface area contributed by atoms with Crippen LogP contribution in [0.5, 0.6) is 0 Å². The summed E-state index contributed by atoms with van der Waals surface area (Å²) in [6.45, 7) is 4.28. The third-order valence-corrected chi connectivity index (χ3v) is 3.77. The molecule has 1 aliphatic heterocycles. The molecule has 1 aliphatic carbocycles. The molecule has 2 unspecified atom stereocenters. The Bertz CT molecular complexity index is 291. The molecule has 1 fully saturated rings. The zero-order chi connectivity index (χ0) is 10.8. The summed E-state index contributed by atoms with van der Waals surface area (Å²) in [6, 6.07) is 0. The van der Waals surface area contributed by atoms with Gasteiger partial charge >= 0.3 is 5.97 Å². The molecule has 0 aromatic carbocycles. The molecule has 0 aromatic heterocycles. The highest BCUT2D eigenvalue weighted by Gasteiger charge is 2.30. The van der Waals surface area contributed by atoms with E-state index in [-0.39, 0.29) is 12.1 Å². The topological polar surface area (TPSA) is 26.3 Å². The smallest absolute Gasteiger partial charge is 0.306 e. The molecule has 15 heavy (non-hydrogen) atoms. The van der Waals surface area contributed by atoms with Gasteiger partial charge in [-0.2, -0.15) is 0 Å². The van der Waals surface area contributed by atoms with Gasteiger partial charge in [-0.15, -0.1) is 0 Å². The molecule has 0 N–H and O–H groups in total. The molecule has 0 spiro atoms. The summed E-state index contributed by atoms with van der Waals surface area (Å²) in [5.41, 5.74) is 3.10. The maximum atomic E-state index is 11.5. The van der Waals surface area contributed by atoms with Crippen LogP contribution < -0.4 is 0 Å². The lowest BCUT2D eigenvalue weighted by molar-refractivity contribution is -0.150. The molecule has 1 heterocycles. The van der Waals surface area contributed by atoms with Gasteiger partial charge in [-0.25, -0.2) is 0 Å². The van der Waals surface area contributed by atoms with E-state index < -0.39 is 0 Å². The highest BCUT2D eigenvalue weighted by atomic mass is 16.5. The first-order valence-corrected chi connectivity index (χ1v) is 6.06. The van der Waals surface area contributed by atoms with E-state index in [4.69, 9.17) is 4.74 Å². The first-order chi connectivity index (χ1) is 7.18. The second kappa shape index (κ2) is 4.38. The molecule has 2 atom stereocenters. The fourth-order valence-corrected chi connectivity index (χ4v) is 2.93. The second-order valence-electron chi connectivity index (χ2n) is 4.85. The van der Waals surface area contributed by atoms with Crippen molar-refractivity contribution < 1.29 is 9.53 Å². The van der Waals surface area contributed by atoms with Crippen LogP contribution in [0.4, 0.5) is 0 Å². The minimum atomic E-state index is -0.0107. The molecule has 1 saturated carbocycles. The van der Waals surface area contributed by atoms with Gasteiger partial charge in [0.25, 0.3) is 0 Å². The van der Waals surface area contributed by atoms with Crippen molar-refractivity contribution in [3.05, 3.63) is 11.1 Å². The summed E-state index contributed by atoms with van der Waals surface area (Å²) in [7, 11) is 0. The van der Waals surface area contributed by atoms with Crippen LogP contribution in [0.3, 0.4) is 0 Å². The lowest BCUT2D eigenvalue weighted by Crippen LogP contribution is -2.22. The van der Waals surface area contributed by atoms with Crippen molar-refractivity contribution in [3.8, 4) is 0 Å². The van der Waals surface area contributed by atoms with E-state index in [9.17, 15) is 4.79 Å². The summed E-state index contributed by atoms with van der Waals surface area (Å²) < 4.78 is 5.46. The Balaban J connectivity index is 2.22. The van der Waals surface area contributed by atoms with Crippen molar-refractivity contribution in [1.82, 2.24) is 0 Å². The number of carbonyl (C=O) groups is 1. The van der Waals surface area contributed by atoms with Gasteiger partial charge in [-0.3, -0.25) is 4.79 Å². The fourth-order valence-electron chi connectivity index (χ4n) is 2.93. The van der Waals surface area contributed by atoms with Crippen LogP contribution in [0.2, 0.25) is 0 Å². The number of cyclic esters (lactones) is 1. The van der Waals surface area contributed by atoms with E-state index in [1.165, 1.54) is 24.8 Å². The van der Waals surface area contributed by atoms with Crippen molar-refractivity contribution in [2.24, 2.45) is 5.92 Å². The summed E-state index contributed by atoms with van der Waals surface area (Å²) in [4.78, 5) is 11.5. The lowest BCUT2D eigenvalue weighted by atomic mass is 9.92. The number of hydrogen-bond donors (Lipinski definition) is 0. The van der Waals surface area contributed by atoms with Gasteiger partial charge in [0.15, 0.2) is 0 Å². The number of ether oxygens (including phenoxy) is 1. The highest BCUT2D eigenvalue weighted by Crippen LogP contribution is 2.38. The van der Waals surface area contributed by atoms with Crippen molar-refractivity contribution in [2.45, 2.75) is 58.5 Å². The maximum absolute atomic E-state index is 11.5. The van der Waals surface area contributed by atoms with Crippen molar-refractivity contribution in [2.75, 3.05) is 0 Å². The number of fused-ring (bicyclic) bond motifs is 1. The summed E-state index contributed by atoms with van der Waals surface area (Å²) in [6.07, 6.45) is 6.38. The zero-order valence-electron chi connectivity index (χ0n) is 9.71. The lowest BCUT2D eigenvalue weighted by Gasteiger charge is -2.21. The first-order valence-electron chi connectivity index (χ1n) is 6.06. The van der Waals surface area contributed by atoms with Gasteiger partial charge in [0.2, 0.25) is 0 Å². The molecule has 0 aromatic rings. The summed E-state index contributed by atoms with van der Waals surface area (Å²) in [5, 5.41) is 0. The first kappa shape index (κ1) is 10.7. The number of carbonyl (C=O) groups excluding carboxylic acids is 1. The molecule has 0 bridgehead atoms. The van der Waals surface area contributed by atoms with Gasteiger partial charge in [0.1, 0.15) is 6.10 Å². The number of esters is 1. The Morgan fingerprint density at radius 1 is 1.20 bits per heavy atom. The van der Waals surface area contributed by atoms with E-state index >= 15 is 0 Å². The second-order valence-corrected chi connectivity index (χ2v) is 4.85. The molecule has 2 aliphatic rings. The monoisotopic (exact) mass is 208 g/mol. The molecule has 0 radical (unpaired) electrons. The maximum Gasteiger partial charge on any atom is 0.306 e. The third-order valence-electron chi connectivity index (χ3n) is 3.77. The molecule has 2 heteroatoms. The van der Waals surface area contributed by atoms with E-state index in [1.54, 1.807) is 5.57 Å². The van der Waals surface area contributed by atoms with Crippen LogP contribution in [-0.4, -0.2) is 12.1 Å². The van der Waals surface area contributed by atoms with E-state index in [2.05, 4.69) is 6.92 Å². The van der Waals surface area contributed by atoms with Gasteiger partial charge in [-0.05, 0) is 46.0 Å². The SMILES string of the molecule is C/C1=C2\CCCC2C(C)OC(=O)CCC1. The van der Waals surface area contributed by atoms with Gasteiger partial charge < -0.3 is 4.74 Å². The standard InChI is InChI=1S/C13H20O2/c1-9-5-3-8-13(14)15-10(2)12-7-4-6-11(9)12/h10,12H,3-8H2,1-2H3/b11-9-. The molecule has 0 saturated heterocycles. The predicted molar refractivity (Wildman–Crippen MR) is 59.4 cm³/mol. The number of allylic oxidation sites excluding steroid dienone is 1. The molecule has 84 valence electrons. The predicted octanol–water partition coefficient (Wildman–Crippen LogP) is 3.22. The van der Waals surface area contributed by atoms with Crippen molar-refractivity contribution >= 4 is 5.97 Å². The van der Waals surface area contributed by atoms with E-state index in [1.807, 2.05) is 6.92 Å². The number of rotatable bonds is 0. The largest absolute Gasteiger partial charge is 0.462 e. The van der Waals surface area contributed by atoms with E-state index in [0.717, 1.165) is 12.8 Å². The van der Waals surface area contributed by atoms with Crippen LogP contribution in [0.25, 0.3) is 0 Å². The van der Waals surface area contributed by atoms with Crippen LogP contribution >= 0.6 is 0 Å². The van der Waals surface area contributed by atoms with E-state index in [0.29, 0.717) is 12.3 Å². The van der Waals surface area contributed by atoms with Gasteiger partial charge in [0.05, 0.1) is 0 Å². The number of hydrogen-bond acceptors (Lipinski definition) is 2. The van der Waals surface area contributed by atoms with Gasteiger partial charge in [-0.1, -0.05) is 11.1 Å². The summed E-state index contributed by atoms with van der Waals surface area (Å²) in [5.74, 6) is 0.496. The van der Waals surface area contributed by atoms with Crippen molar-refractivity contribution in [1.29, 1.82) is 0 Å². The highest BCUT2D eigenvalue weighted by molar-refractivity contribution is 5.69. The zero-order valence-corrected chi connectivity index (χ0v) is 9.71. The molecular formula is C13H20O2. The van der Waals surface area contributed by atoms with Crippen molar-refractivity contribution in [3.63, 3.8) is 0 Å². The molecule has 2 nitrogen and oxygen atoms in total.